The molecule has 1 saturated heterocycles. The first-order chi connectivity index (χ1) is 12.1. The Labute approximate surface area is 149 Å². The molecule has 1 atom stereocenters. The Morgan fingerprint density at radius 1 is 1.32 bits per heavy atom. The summed E-state index contributed by atoms with van der Waals surface area (Å²) in [5.41, 5.74) is 2.15. The van der Waals surface area contributed by atoms with E-state index in [4.69, 9.17) is 16.3 Å². The van der Waals surface area contributed by atoms with E-state index in [-0.39, 0.29) is 11.9 Å². The Morgan fingerprint density at radius 2 is 2.16 bits per heavy atom. The van der Waals surface area contributed by atoms with Crippen LogP contribution in [0.1, 0.15) is 51.8 Å². The number of esters is 1. The van der Waals surface area contributed by atoms with Crippen LogP contribution in [0, 0.1) is 5.92 Å². The molecule has 1 saturated carbocycles. The summed E-state index contributed by atoms with van der Waals surface area (Å²) in [7, 11) is 0. The van der Waals surface area contributed by atoms with Crippen LogP contribution < -0.4 is 0 Å². The number of amides is 1. The highest BCUT2D eigenvalue weighted by atomic mass is 35.5. The van der Waals surface area contributed by atoms with Crippen molar-refractivity contribution in [3.05, 3.63) is 46.5 Å². The molecule has 128 valence electrons. The SMILES string of the molecule is O=C(OCC1CC1)c1ncn2c1[C@@H]1CCN1C(=O)c1c(Cl)cccc1-2. The minimum Gasteiger partial charge on any atom is -0.461 e. The number of hydrogen-bond acceptors (Lipinski definition) is 4. The molecule has 1 amide bonds. The van der Waals surface area contributed by atoms with E-state index in [1.807, 2.05) is 10.6 Å². The number of nitrogens with zero attached hydrogens (tertiary/aromatic N) is 3. The van der Waals surface area contributed by atoms with Crippen LogP contribution in [-0.4, -0.2) is 39.5 Å². The standard InChI is InChI=1S/C18H16ClN3O3/c19-11-2-1-3-12-14(11)17(23)21-7-6-13(21)16-15(20-9-22(12)16)18(24)25-8-10-4-5-10/h1-3,9-10,13H,4-8H2/t13-/m0/s1. The molecule has 7 heteroatoms. The number of imidazole rings is 1. The van der Waals surface area contributed by atoms with Crippen LogP contribution in [0.15, 0.2) is 24.5 Å². The van der Waals surface area contributed by atoms with Crippen LogP contribution in [0.4, 0.5) is 0 Å². The van der Waals surface area contributed by atoms with Gasteiger partial charge in [0.05, 0.1) is 34.6 Å². The predicted molar refractivity (Wildman–Crippen MR) is 90.0 cm³/mol. The minimum atomic E-state index is -0.412. The molecule has 3 aliphatic rings. The number of rotatable bonds is 3. The summed E-state index contributed by atoms with van der Waals surface area (Å²) in [6, 6.07) is 5.17. The van der Waals surface area contributed by atoms with Crippen LogP contribution in [0.2, 0.25) is 5.02 Å². The van der Waals surface area contributed by atoms with E-state index in [9.17, 15) is 9.59 Å². The number of carbonyl (C=O) groups excluding carboxylic acids is 2. The molecular weight excluding hydrogens is 342 g/mol. The van der Waals surface area contributed by atoms with Gasteiger partial charge in [0.15, 0.2) is 5.69 Å². The lowest BCUT2D eigenvalue weighted by molar-refractivity contribution is 0.0414. The van der Waals surface area contributed by atoms with Gasteiger partial charge in [0.25, 0.3) is 5.91 Å². The lowest BCUT2D eigenvalue weighted by Gasteiger charge is -2.39. The van der Waals surface area contributed by atoms with E-state index in [0.29, 0.717) is 41.0 Å². The van der Waals surface area contributed by atoms with Crippen LogP contribution in [0.25, 0.3) is 5.69 Å². The summed E-state index contributed by atoms with van der Waals surface area (Å²) in [6.45, 7) is 1.09. The first kappa shape index (κ1) is 15.0. The molecule has 0 radical (unpaired) electrons. The van der Waals surface area contributed by atoms with Gasteiger partial charge in [-0.15, -0.1) is 0 Å². The Hall–Kier alpha value is -2.34. The van der Waals surface area contributed by atoms with Crippen molar-refractivity contribution in [1.29, 1.82) is 0 Å². The average Bonchev–Trinajstić information content (AvgIpc) is 3.30. The van der Waals surface area contributed by atoms with Crippen molar-refractivity contribution in [3.63, 3.8) is 0 Å². The van der Waals surface area contributed by atoms with Gasteiger partial charge in [-0.1, -0.05) is 17.7 Å². The van der Waals surface area contributed by atoms with Gasteiger partial charge in [-0.25, -0.2) is 9.78 Å². The molecule has 0 spiro atoms. The predicted octanol–water partition coefficient (Wildman–Crippen LogP) is 2.99. The highest BCUT2D eigenvalue weighted by Crippen LogP contribution is 2.42. The maximum absolute atomic E-state index is 12.9. The fraction of sp³-hybridized carbons (Fsp3) is 0.389. The zero-order valence-electron chi connectivity index (χ0n) is 13.4. The van der Waals surface area contributed by atoms with Crippen molar-refractivity contribution in [1.82, 2.24) is 14.5 Å². The summed E-state index contributed by atoms with van der Waals surface area (Å²) in [5.74, 6) is -0.0187. The molecule has 5 rings (SSSR count). The lowest BCUT2D eigenvalue weighted by atomic mass is 9.97. The molecule has 0 bridgehead atoms. The van der Waals surface area contributed by atoms with Crippen LogP contribution in [-0.2, 0) is 4.74 Å². The molecular formula is C18H16ClN3O3. The second-order valence-electron chi connectivity index (χ2n) is 6.83. The van der Waals surface area contributed by atoms with Crippen molar-refractivity contribution < 1.29 is 14.3 Å². The van der Waals surface area contributed by atoms with Crippen LogP contribution >= 0.6 is 11.6 Å². The van der Waals surface area contributed by atoms with Crippen molar-refractivity contribution >= 4 is 23.5 Å². The third kappa shape index (κ3) is 2.20. The molecule has 6 nitrogen and oxygen atoms in total. The highest BCUT2D eigenvalue weighted by Gasteiger charge is 2.43. The molecule has 3 heterocycles. The molecule has 1 aromatic heterocycles. The second-order valence-corrected chi connectivity index (χ2v) is 7.23. The summed E-state index contributed by atoms with van der Waals surface area (Å²) in [4.78, 5) is 31.5. The number of carbonyl (C=O) groups is 2. The van der Waals surface area contributed by atoms with E-state index < -0.39 is 5.97 Å². The van der Waals surface area contributed by atoms with Crippen LogP contribution in [0.5, 0.6) is 0 Å². The summed E-state index contributed by atoms with van der Waals surface area (Å²) < 4.78 is 7.24. The molecule has 2 fully saturated rings. The molecule has 0 unspecified atom stereocenters. The van der Waals surface area contributed by atoms with Crippen molar-refractivity contribution in [2.75, 3.05) is 13.2 Å². The van der Waals surface area contributed by atoms with Crippen molar-refractivity contribution in [3.8, 4) is 5.69 Å². The molecule has 1 aliphatic carbocycles. The lowest BCUT2D eigenvalue weighted by Crippen LogP contribution is -2.45. The van der Waals surface area contributed by atoms with E-state index >= 15 is 0 Å². The molecule has 2 aliphatic heterocycles. The topological polar surface area (TPSA) is 64.4 Å². The Morgan fingerprint density at radius 3 is 2.88 bits per heavy atom. The average molecular weight is 358 g/mol. The van der Waals surface area contributed by atoms with Crippen LogP contribution in [0.3, 0.4) is 0 Å². The van der Waals surface area contributed by atoms with Gasteiger partial charge < -0.3 is 9.64 Å². The number of halogens is 1. The van der Waals surface area contributed by atoms with Gasteiger partial charge >= 0.3 is 5.97 Å². The number of hydrogen-bond donors (Lipinski definition) is 0. The van der Waals surface area contributed by atoms with Gasteiger partial charge in [0.2, 0.25) is 0 Å². The third-order valence-electron chi connectivity index (χ3n) is 5.21. The van der Waals surface area contributed by atoms with Gasteiger partial charge in [-0.05, 0) is 37.3 Å². The Balaban J connectivity index is 1.62. The van der Waals surface area contributed by atoms with E-state index in [1.54, 1.807) is 23.4 Å². The summed E-state index contributed by atoms with van der Waals surface area (Å²) in [6.07, 6.45) is 4.62. The van der Waals surface area contributed by atoms with Gasteiger partial charge in [-0.3, -0.25) is 9.36 Å². The first-order valence-corrected chi connectivity index (χ1v) is 8.87. The van der Waals surface area contributed by atoms with Crippen molar-refractivity contribution in [2.24, 2.45) is 5.92 Å². The Kier molecular flexibility index (Phi) is 3.19. The fourth-order valence-electron chi connectivity index (χ4n) is 3.56. The molecule has 0 N–H and O–H groups in total. The maximum Gasteiger partial charge on any atom is 0.358 e. The zero-order chi connectivity index (χ0) is 17.1. The van der Waals surface area contributed by atoms with E-state index in [2.05, 4.69) is 4.98 Å². The quantitative estimate of drug-likeness (QED) is 0.792. The minimum absolute atomic E-state index is 0.0992. The van der Waals surface area contributed by atoms with E-state index in [0.717, 1.165) is 25.0 Å². The van der Waals surface area contributed by atoms with E-state index in [1.165, 1.54) is 0 Å². The normalized spacial score (nSPS) is 20.9. The van der Waals surface area contributed by atoms with Gasteiger partial charge in [-0.2, -0.15) is 0 Å². The Bertz CT molecular complexity index is 903. The third-order valence-corrected chi connectivity index (χ3v) is 5.52. The van der Waals surface area contributed by atoms with Gasteiger partial charge in [0, 0.05) is 6.54 Å². The van der Waals surface area contributed by atoms with Gasteiger partial charge in [0.1, 0.15) is 6.33 Å². The smallest absolute Gasteiger partial charge is 0.358 e. The monoisotopic (exact) mass is 357 g/mol. The van der Waals surface area contributed by atoms with Crippen molar-refractivity contribution in [2.45, 2.75) is 25.3 Å². The molecule has 2 aromatic rings. The molecule has 25 heavy (non-hydrogen) atoms. The first-order valence-electron chi connectivity index (χ1n) is 8.49. The second kappa shape index (κ2) is 5.33. The zero-order valence-corrected chi connectivity index (χ0v) is 14.2. The number of fused-ring (bicyclic) bond motifs is 5. The largest absolute Gasteiger partial charge is 0.461 e. The fourth-order valence-corrected chi connectivity index (χ4v) is 3.81. The maximum atomic E-state index is 12.9. The number of benzene rings is 1. The highest BCUT2D eigenvalue weighted by molar-refractivity contribution is 6.34. The summed E-state index contributed by atoms with van der Waals surface area (Å²) in [5, 5.41) is 0.410. The number of ether oxygens (including phenoxy) is 1. The molecule has 1 aromatic carbocycles. The number of aromatic nitrogens is 2. The summed E-state index contributed by atoms with van der Waals surface area (Å²) >= 11 is 6.30.